The molecule has 0 bridgehead atoms. The van der Waals surface area contributed by atoms with Crippen molar-refractivity contribution in [3.63, 3.8) is 0 Å². The van der Waals surface area contributed by atoms with Crippen molar-refractivity contribution in [3.8, 4) is 0 Å². The van der Waals surface area contributed by atoms with Crippen LogP contribution >= 0.6 is 0 Å². The van der Waals surface area contributed by atoms with E-state index in [2.05, 4.69) is 10.4 Å². The molecule has 3 N–H and O–H groups in total. The summed E-state index contributed by atoms with van der Waals surface area (Å²) in [6, 6.07) is 14.8. The summed E-state index contributed by atoms with van der Waals surface area (Å²) >= 11 is 0. The number of aromatic nitrogens is 1. The lowest BCUT2D eigenvalue weighted by atomic mass is 9.97. The van der Waals surface area contributed by atoms with Crippen molar-refractivity contribution >= 4 is 10.9 Å². The summed E-state index contributed by atoms with van der Waals surface area (Å²) < 4.78 is 13.4. The Kier molecular flexibility index (Phi) is 3.64. The van der Waals surface area contributed by atoms with Gasteiger partial charge in [-0.05, 0) is 41.8 Å². The standard InChI is InChI=1S/C17H16FN3/c1-11-9-13(6-7-15(11)18)17(21-19)14-5-4-12-3-2-8-20-16(12)10-14/h2-10,17,21H,19H2,1H3. The minimum Gasteiger partial charge on any atom is -0.271 e. The maximum Gasteiger partial charge on any atom is 0.126 e. The Bertz CT molecular complexity index is 786. The topological polar surface area (TPSA) is 50.9 Å². The molecule has 0 saturated heterocycles. The summed E-state index contributed by atoms with van der Waals surface area (Å²) in [4.78, 5) is 4.36. The molecule has 0 aliphatic heterocycles. The molecule has 3 rings (SSSR count). The smallest absolute Gasteiger partial charge is 0.126 e. The van der Waals surface area contributed by atoms with Gasteiger partial charge in [-0.2, -0.15) is 0 Å². The van der Waals surface area contributed by atoms with Gasteiger partial charge in [0.25, 0.3) is 0 Å². The van der Waals surface area contributed by atoms with Crippen molar-refractivity contribution in [1.29, 1.82) is 0 Å². The molecule has 0 aliphatic carbocycles. The fourth-order valence-electron chi connectivity index (χ4n) is 2.50. The molecule has 1 heterocycles. The number of fused-ring (bicyclic) bond motifs is 1. The molecular weight excluding hydrogens is 265 g/mol. The lowest BCUT2D eigenvalue weighted by Gasteiger charge is -2.18. The summed E-state index contributed by atoms with van der Waals surface area (Å²) in [7, 11) is 0. The molecule has 0 spiro atoms. The number of halogens is 1. The van der Waals surface area contributed by atoms with Gasteiger partial charge < -0.3 is 0 Å². The predicted octanol–water partition coefficient (Wildman–Crippen LogP) is 3.24. The summed E-state index contributed by atoms with van der Waals surface area (Å²) in [5, 5.41) is 1.08. The van der Waals surface area contributed by atoms with Crippen LogP contribution in [0.25, 0.3) is 10.9 Å². The first-order valence-corrected chi connectivity index (χ1v) is 6.76. The maximum absolute atomic E-state index is 13.4. The van der Waals surface area contributed by atoms with Crippen LogP contribution in [0.4, 0.5) is 4.39 Å². The van der Waals surface area contributed by atoms with Crippen LogP contribution in [0.2, 0.25) is 0 Å². The summed E-state index contributed by atoms with van der Waals surface area (Å²) in [6.07, 6.45) is 1.76. The van der Waals surface area contributed by atoms with Crippen molar-refractivity contribution in [2.45, 2.75) is 13.0 Å². The molecule has 1 unspecified atom stereocenters. The SMILES string of the molecule is Cc1cc(C(NN)c2ccc3cccnc3c2)ccc1F. The van der Waals surface area contributed by atoms with Crippen LogP contribution in [0.3, 0.4) is 0 Å². The summed E-state index contributed by atoms with van der Waals surface area (Å²) in [6.45, 7) is 1.74. The number of nitrogens with zero attached hydrogens (tertiary/aromatic N) is 1. The van der Waals surface area contributed by atoms with E-state index >= 15 is 0 Å². The Labute approximate surface area is 122 Å². The Morgan fingerprint density at radius 3 is 2.62 bits per heavy atom. The van der Waals surface area contributed by atoms with Gasteiger partial charge in [0.15, 0.2) is 0 Å². The van der Waals surface area contributed by atoms with Gasteiger partial charge in [0.2, 0.25) is 0 Å². The van der Waals surface area contributed by atoms with E-state index in [0.717, 1.165) is 22.0 Å². The van der Waals surface area contributed by atoms with Gasteiger partial charge in [0, 0.05) is 11.6 Å². The zero-order valence-corrected chi connectivity index (χ0v) is 11.7. The van der Waals surface area contributed by atoms with Crippen LogP contribution in [0.5, 0.6) is 0 Å². The third-order valence-corrected chi connectivity index (χ3v) is 3.65. The second-order valence-corrected chi connectivity index (χ2v) is 5.06. The normalized spacial score (nSPS) is 12.5. The highest BCUT2D eigenvalue weighted by Crippen LogP contribution is 2.25. The molecule has 1 aromatic heterocycles. The highest BCUT2D eigenvalue weighted by molar-refractivity contribution is 5.79. The van der Waals surface area contributed by atoms with Gasteiger partial charge in [-0.25, -0.2) is 9.82 Å². The van der Waals surface area contributed by atoms with Crippen molar-refractivity contribution in [1.82, 2.24) is 10.4 Å². The molecule has 3 nitrogen and oxygen atoms in total. The van der Waals surface area contributed by atoms with Crippen molar-refractivity contribution < 1.29 is 4.39 Å². The Balaban J connectivity index is 2.06. The second kappa shape index (κ2) is 5.60. The lowest BCUT2D eigenvalue weighted by molar-refractivity contribution is 0.608. The van der Waals surface area contributed by atoms with E-state index in [4.69, 9.17) is 5.84 Å². The summed E-state index contributed by atoms with van der Waals surface area (Å²) in [5.41, 5.74) is 6.23. The van der Waals surface area contributed by atoms with Crippen LogP contribution in [-0.4, -0.2) is 4.98 Å². The number of hydrogen-bond donors (Lipinski definition) is 2. The first-order chi connectivity index (χ1) is 10.2. The van der Waals surface area contributed by atoms with E-state index in [1.54, 1.807) is 19.2 Å². The van der Waals surface area contributed by atoms with E-state index in [-0.39, 0.29) is 11.9 Å². The number of nitrogens with two attached hydrogens (primary N) is 1. The monoisotopic (exact) mass is 281 g/mol. The molecule has 21 heavy (non-hydrogen) atoms. The zero-order valence-electron chi connectivity index (χ0n) is 11.7. The quantitative estimate of drug-likeness (QED) is 0.572. The Morgan fingerprint density at radius 1 is 1.10 bits per heavy atom. The van der Waals surface area contributed by atoms with Crippen LogP contribution in [0.1, 0.15) is 22.7 Å². The molecular formula is C17H16FN3. The van der Waals surface area contributed by atoms with E-state index in [1.807, 2.05) is 36.4 Å². The molecule has 0 amide bonds. The average molecular weight is 281 g/mol. The fraction of sp³-hybridized carbons (Fsp3) is 0.118. The third-order valence-electron chi connectivity index (χ3n) is 3.65. The average Bonchev–Trinajstić information content (AvgIpc) is 2.51. The van der Waals surface area contributed by atoms with Gasteiger partial charge in [0.1, 0.15) is 5.82 Å². The molecule has 0 saturated carbocycles. The van der Waals surface area contributed by atoms with Crippen LogP contribution in [0, 0.1) is 12.7 Å². The number of pyridine rings is 1. The Hall–Kier alpha value is -2.30. The van der Waals surface area contributed by atoms with Gasteiger partial charge >= 0.3 is 0 Å². The molecule has 3 aromatic rings. The molecule has 4 heteroatoms. The lowest BCUT2D eigenvalue weighted by Crippen LogP contribution is -2.28. The minimum atomic E-state index is -0.213. The van der Waals surface area contributed by atoms with Gasteiger partial charge in [0.05, 0.1) is 11.6 Å². The summed E-state index contributed by atoms with van der Waals surface area (Å²) in [5.74, 6) is 5.49. The highest BCUT2D eigenvalue weighted by atomic mass is 19.1. The van der Waals surface area contributed by atoms with E-state index in [1.165, 1.54) is 6.07 Å². The van der Waals surface area contributed by atoms with Crippen molar-refractivity contribution in [2.24, 2.45) is 5.84 Å². The van der Waals surface area contributed by atoms with E-state index in [0.29, 0.717) is 5.56 Å². The van der Waals surface area contributed by atoms with E-state index in [9.17, 15) is 4.39 Å². The molecule has 1 atom stereocenters. The van der Waals surface area contributed by atoms with Crippen molar-refractivity contribution in [2.75, 3.05) is 0 Å². The highest BCUT2D eigenvalue weighted by Gasteiger charge is 2.14. The molecule has 2 aromatic carbocycles. The third kappa shape index (κ3) is 2.63. The number of rotatable bonds is 3. The first-order valence-electron chi connectivity index (χ1n) is 6.76. The predicted molar refractivity (Wildman–Crippen MR) is 82.0 cm³/mol. The van der Waals surface area contributed by atoms with E-state index < -0.39 is 0 Å². The number of benzene rings is 2. The van der Waals surface area contributed by atoms with Crippen LogP contribution in [0.15, 0.2) is 54.7 Å². The Morgan fingerprint density at radius 2 is 1.86 bits per heavy atom. The number of aryl methyl sites for hydroxylation is 1. The molecule has 0 radical (unpaired) electrons. The molecule has 0 fully saturated rings. The van der Waals surface area contributed by atoms with Crippen LogP contribution in [-0.2, 0) is 0 Å². The number of hydrogen-bond acceptors (Lipinski definition) is 3. The maximum atomic E-state index is 13.4. The first kappa shape index (κ1) is 13.7. The fourth-order valence-corrected chi connectivity index (χ4v) is 2.50. The van der Waals surface area contributed by atoms with Gasteiger partial charge in [-0.15, -0.1) is 0 Å². The van der Waals surface area contributed by atoms with Gasteiger partial charge in [-0.1, -0.05) is 30.3 Å². The zero-order chi connectivity index (χ0) is 14.8. The molecule has 0 aliphatic rings. The van der Waals surface area contributed by atoms with Crippen LogP contribution < -0.4 is 11.3 Å². The second-order valence-electron chi connectivity index (χ2n) is 5.06. The number of hydrazine groups is 1. The minimum absolute atomic E-state index is 0.198. The molecule has 106 valence electrons. The number of nitrogens with one attached hydrogen (secondary N) is 1. The van der Waals surface area contributed by atoms with Gasteiger partial charge in [-0.3, -0.25) is 10.8 Å². The largest absolute Gasteiger partial charge is 0.271 e. The van der Waals surface area contributed by atoms with Crippen molar-refractivity contribution in [3.05, 3.63) is 77.2 Å².